The van der Waals surface area contributed by atoms with Gasteiger partial charge >= 0.3 is 0 Å². The van der Waals surface area contributed by atoms with Crippen LogP contribution in [-0.2, 0) is 19.4 Å². The molecule has 2 N–H and O–H groups in total. The lowest BCUT2D eigenvalue weighted by Crippen LogP contribution is -2.24. The van der Waals surface area contributed by atoms with Crippen molar-refractivity contribution in [1.29, 1.82) is 0 Å². The maximum absolute atomic E-state index is 12.4. The highest BCUT2D eigenvalue weighted by Crippen LogP contribution is 2.26. The second-order valence-corrected chi connectivity index (χ2v) is 6.22. The average Bonchev–Trinajstić information content (AvgIpc) is 2.73. The predicted octanol–water partition coefficient (Wildman–Crippen LogP) is 4.28. The summed E-state index contributed by atoms with van der Waals surface area (Å²) in [6.07, 6.45) is 5.25. The molecule has 5 nitrogen and oxygen atoms in total. The molecule has 0 atom stereocenters. The van der Waals surface area contributed by atoms with Crippen molar-refractivity contribution in [3.8, 4) is 0 Å². The number of hydrogen-bond acceptors (Lipinski definition) is 4. The molecule has 138 valence electrons. The molecule has 0 unspecified atom stereocenters. The summed E-state index contributed by atoms with van der Waals surface area (Å²) in [7, 11) is 0. The quantitative estimate of drug-likeness (QED) is 0.660. The van der Waals surface area contributed by atoms with Gasteiger partial charge in [0.05, 0.1) is 12.2 Å². The molecule has 2 aromatic heterocycles. The van der Waals surface area contributed by atoms with Gasteiger partial charge in [-0.1, -0.05) is 38.1 Å². The SMILES string of the molecule is CCc1cccc(CC)c1Nc1ccnc(C(=O)NCc2ccccn2)c1. The second-order valence-electron chi connectivity index (χ2n) is 6.22. The van der Waals surface area contributed by atoms with E-state index in [0.29, 0.717) is 12.2 Å². The Morgan fingerprint density at radius 1 is 0.926 bits per heavy atom. The molecule has 3 rings (SSSR count). The molecule has 0 saturated carbocycles. The van der Waals surface area contributed by atoms with E-state index >= 15 is 0 Å². The Hall–Kier alpha value is -3.21. The van der Waals surface area contributed by atoms with Crippen molar-refractivity contribution in [3.05, 3.63) is 83.4 Å². The summed E-state index contributed by atoms with van der Waals surface area (Å²) in [5, 5.41) is 6.34. The van der Waals surface area contributed by atoms with E-state index in [-0.39, 0.29) is 5.91 Å². The maximum Gasteiger partial charge on any atom is 0.270 e. The fourth-order valence-corrected chi connectivity index (χ4v) is 2.94. The number of aryl methyl sites for hydroxylation is 2. The van der Waals surface area contributed by atoms with Crippen LogP contribution in [0.15, 0.2) is 60.9 Å². The number of amides is 1. The fourth-order valence-electron chi connectivity index (χ4n) is 2.94. The normalized spacial score (nSPS) is 10.4. The lowest BCUT2D eigenvalue weighted by atomic mass is 10.0. The van der Waals surface area contributed by atoms with Crippen LogP contribution in [0.3, 0.4) is 0 Å². The van der Waals surface area contributed by atoms with E-state index in [9.17, 15) is 4.79 Å². The first-order valence-corrected chi connectivity index (χ1v) is 9.23. The molecule has 0 saturated heterocycles. The first-order valence-electron chi connectivity index (χ1n) is 9.23. The third-order valence-electron chi connectivity index (χ3n) is 4.42. The number of para-hydroxylation sites is 1. The Balaban J connectivity index is 1.75. The molecule has 0 bridgehead atoms. The van der Waals surface area contributed by atoms with Gasteiger partial charge in [-0.3, -0.25) is 14.8 Å². The molecule has 1 aromatic carbocycles. The number of benzene rings is 1. The third kappa shape index (κ3) is 4.70. The van der Waals surface area contributed by atoms with Crippen LogP contribution in [0.5, 0.6) is 0 Å². The summed E-state index contributed by atoms with van der Waals surface area (Å²) in [6, 6.07) is 15.6. The van der Waals surface area contributed by atoms with Gasteiger partial charge < -0.3 is 10.6 Å². The molecule has 2 heterocycles. The molecule has 0 fully saturated rings. The number of anilines is 2. The van der Waals surface area contributed by atoms with Crippen molar-refractivity contribution in [1.82, 2.24) is 15.3 Å². The van der Waals surface area contributed by atoms with Crippen molar-refractivity contribution in [2.24, 2.45) is 0 Å². The van der Waals surface area contributed by atoms with E-state index in [1.807, 2.05) is 24.3 Å². The molecule has 27 heavy (non-hydrogen) atoms. The summed E-state index contributed by atoms with van der Waals surface area (Å²) in [5.41, 5.74) is 5.67. The highest BCUT2D eigenvalue weighted by molar-refractivity contribution is 5.93. The van der Waals surface area contributed by atoms with Crippen LogP contribution in [-0.4, -0.2) is 15.9 Å². The summed E-state index contributed by atoms with van der Waals surface area (Å²) in [5.74, 6) is -0.219. The molecule has 0 spiro atoms. The number of carbonyl (C=O) groups excluding carboxylic acids is 1. The van der Waals surface area contributed by atoms with Gasteiger partial charge in [0.1, 0.15) is 5.69 Å². The zero-order valence-electron chi connectivity index (χ0n) is 15.7. The number of hydrogen-bond donors (Lipinski definition) is 2. The summed E-state index contributed by atoms with van der Waals surface area (Å²) in [4.78, 5) is 20.9. The molecule has 0 aliphatic carbocycles. The van der Waals surface area contributed by atoms with Gasteiger partial charge in [0.2, 0.25) is 0 Å². The summed E-state index contributed by atoms with van der Waals surface area (Å²) >= 11 is 0. The van der Waals surface area contributed by atoms with Gasteiger partial charge in [-0.05, 0) is 48.2 Å². The van der Waals surface area contributed by atoms with Crippen LogP contribution in [0.25, 0.3) is 0 Å². The number of rotatable bonds is 7. The van der Waals surface area contributed by atoms with Gasteiger partial charge in [-0.25, -0.2) is 0 Å². The Bertz CT molecular complexity index is 887. The highest BCUT2D eigenvalue weighted by atomic mass is 16.1. The monoisotopic (exact) mass is 360 g/mol. The molecule has 5 heteroatoms. The third-order valence-corrected chi connectivity index (χ3v) is 4.42. The highest BCUT2D eigenvalue weighted by Gasteiger charge is 2.10. The zero-order chi connectivity index (χ0) is 19.1. The molecule has 0 aliphatic rings. The van der Waals surface area contributed by atoms with Gasteiger partial charge in [-0.15, -0.1) is 0 Å². The maximum atomic E-state index is 12.4. The minimum Gasteiger partial charge on any atom is -0.355 e. The van der Waals surface area contributed by atoms with Crippen LogP contribution < -0.4 is 10.6 Å². The van der Waals surface area contributed by atoms with Crippen LogP contribution in [0.1, 0.15) is 41.2 Å². The minimum absolute atomic E-state index is 0.219. The van der Waals surface area contributed by atoms with Gasteiger partial charge in [0.15, 0.2) is 0 Å². The lowest BCUT2D eigenvalue weighted by molar-refractivity contribution is 0.0945. The van der Waals surface area contributed by atoms with E-state index in [4.69, 9.17) is 0 Å². The molecular formula is C22H24N4O. The number of carbonyl (C=O) groups is 1. The van der Waals surface area contributed by atoms with Crippen molar-refractivity contribution in [2.75, 3.05) is 5.32 Å². The van der Waals surface area contributed by atoms with Crippen molar-refractivity contribution < 1.29 is 4.79 Å². The van der Waals surface area contributed by atoms with Crippen LogP contribution in [0.2, 0.25) is 0 Å². The predicted molar refractivity (Wildman–Crippen MR) is 108 cm³/mol. The van der Waals surface area contributed by atoms with Crippen molar-refractivity contribution >= 4 is 17.3 Å². The summed E-state index contributed by atoms with van der Waals surface area (Å²) < 4.78 is 0. The van der Waals surface area contributed by atoms with Crippen molar-refractivity contribution in [3.63, 3.8) is 0 Å². The van der Waals surface area contributed by atoms with E-state index < -0.39 is 0 Å². The van der Waals surface area contributed by atoms with Crippen LogP contribution >= 0.6 is 0 Å². The molecular weight excluding hydrogens is 336 g/mol. The smallest absolute Gasteiger partial charge is 0.270 e. The lowest BCUT2D eigenvalue weighted by Gasteiger charge is -2.16. The Labute approximate surface area is 159 Å². The molecule has 0 aliphatic heterocycles. The Kier molecular flexibility index (Phi) is 6.15. The van der Waals surface area contributed by atoms with Crippen LogP contribution in [0.4, 0.5) is 11.4 Å². The molecule has 1 amide bonds. The zero-order valence-corrected chi connectivity index (χ0v) is 15.7. The van der Waals surface area contributed by atoms with E-state index in [0.717, 1.165) is 29.9 Å². The van der Waals surface area contributed by atoms with Gasteiger partial charge in [-0.2, -0.15) is 0 Å². The Morgan fingerprint density at radius 2 is 1.70 bits per heavy atom. The Morgan fingerprint density at radius 3 is 2.37 bits per heavy atom. The fraction of sp³-hybridized carbons (Fsp3) is 0.227. The van der Waals surface area contributed by atoms with E-state index in [1.165, 1.54) is 11.1 Å². The van der Waals surface area contributed by atoms with Crippen molar-refractivity contribution in [2.45, 2.75) is 33.2 Å². The number of aromatic nitrogens is 2. The first-order chi connectivity index (χ1) is 13.2. The van der Waals surface area contributed by atoms with Gasteiger partial charge in [0, 0.05) is 23.8 Å². The standard InChI is InChI=1S/C22H24N4O/c1-3-16-8-7-9-17(4-2)21(16)26-18-11-13-24-20(14-18)22(27)25-15-19-10-5-6-12-23-19/h5-14H,3-4,15H2,1-2H3,(H,24,26)(H,25,27). The van der Waals surface area contributed by atoms with E-state index in [2.05, 4.69) is 52.6 Å². The average molecular weight is 360 g/mol. The topological polar surface area (TPSA) is 66.9 Å². The molecule has 0 radical (unpaired) electrons. The number of nitrogens with one attached hydrogen (secondary N) is 2. The number of pyridine rings is 2. The van der Waals surface area contributed by atoms with E-state index in [1.54, 1.807) is 18.5 Å². The minimum atomic E-state index is -0.219. The number of nitrogens with zero attached hydrogens (tertiary/aromatic N) is 2. The molecule has 3 aromatic rings. The van der Waals surface area contributed by atoms with Gasteiger partial charge in [0.25, 0.3) is 5.91 Å². The van der Waals surface area contributed by atoms with Crippen LogP contribution in [0, 0.1) is 0 Å². The summed E-state index contributed by atoms with van der Waals surface area (Å²) in [6.45, 7) is 4.66. The first kappa shape index (κ1) is 18.6. The largest absolute Gasteiger partial charge is 0.355 e. The second kappa shape index (κ2) is 8.94.